The van der Waals surface area contributed by atoms with Crippen LogP contribution >= 0.6 is 23.4 Å². The molecule has 0 fully saturated rings. The second-order valence-corrected chi connectivity index (χ2v) is 8.12. The van der Waals surface area contributed by atoms with Crippen LogP contribution in [0.4, 0.5) is 13.2 Å². The van der Waals surface area contributed by atoms with Crippen molar-refractivity contribution in [3.05, 3.63) is 101 Å². The van der Waals surface area contributed by atoms with E-state index in [1.807, 2.05) is 36.4 Å². The fourth-order valence-electron chi connectivity index (χ4n) is 2.93. The van der Waals surface area contributed by atoms with Gasteiger partial charge in [0.15, 0.2) is 6.61 Å². The summed E-state index contributed by atoms with van der Waals surface area (Å²) in [5, 5.41) is 9.08. The average molecular weight is 479 g/mol. The summed E-state index contributed by atoms with van der Waals surface area (Å²) in [5.41, 5.74) is 1.25. The molecule has 32 heavy (non-hydrogen) atoms. The smallest absolute Gasteiger partial charge is 0.416 e. The molecule has 0 heterocycles. The summed E-state index contributed by atoms with van der Waals surface area (Å²) < 4.78 is 44.7. The molecule has 0 aliphatic carbocycles. The van der Waals surface area contributed by atoms with E-state index in [4.69, 9.17) is 21.4 Å². The highest BCUT2D eigenvalue weighted by Crippen LogP contribution is 2.34. The van der Waals surface area contributed by atoms with Gasteiger partial charge in [-0.25, -0.2) is 4.79 Å². The predicted octanol–water partition coefficient (Wildman–Crippen LogP) is 7.05. The number of hydrogen-bond acceptors (Lipinski definition) is 3. The lowest BCUT2D eigenvalue weighted by atomic mass is 9.96. The lowest BCUT2D eigenvalue weighted by Crippen LogP contribution is -2.09. The lowest BCUT2D eigenvalue weighted by molar-refractivity contribution is -0.139. The van der Waals surface area contributed by atoms with Gasteiger partial charge >= 0.3 is 12.1 Å². The third-order valence-corrected chi connectivity index (χ3v) is 5.80. The average Bonchev–Trinajstić information content (AvgIpc) is 2.76. The molecule has 0 atom stereocenters. The maximum Gasteiger partial charge on any atom is 0.416 e. The van der Waals surface area contributed by atoms with E-state index in [1.165, 1.54) is 23.9 Å². The van der Waals surface area contributed by atoms with Gasteiger partial charge in [-0.2, -0.15) is 13.2 Å². The second kappa shape index (κ2) is 10.6. The number of halogens is 4. The van der Waals surface area contributed by atoms with Gasteiger partial charge in [-0.15, -0.1) is 11.8 Å². The fraction of sp³-hybridized carbons (Fsp3) is 0.125. The van der Waals surface area contributed by atoms with E-state index in [1.54, 1.807) is 18.2 Å². The molecule has 3 rings (SSSR count). The van der Waals surface area contributed by atoms with Crippen LogP contribution in [0.25, 0.3) is 5.57 Å². The van der Waals surface area contributed by atoms with Crippen molar-refractivity contribution in [2.45, 2.75) is 11.1 Å². The molecule has 8 heteroatoms. The Hall–Kier alpha value is -2.90. The van der Waals surface area contributed by atoms with Crippen molar-refractivity contribution in [2.75, 3.05) is 12.4 Å². The number of ether oxygens (including phenoxy) is 1. The Bertz CT molecular complexity index is 1110. The van der Waals surface area contributed by atoms with Gasteiger partial charge in [-0.1, -0.05) is 60.1 Å². The highest BCUT2D eigenvalue weighted by Gasteiger charge is 2.30. The van der Waals surface area contributed by atoms with Crippen LogP contribution in [0, 0.1) is 0 Å². The number of aliphatic carboxylic acids is 1. The van der Waals surface area contributed by atoms with Crippen LogP contribution in [0.1, 0.15) is 16.7 Å². The molecule has 1 N–H and O–H groups in total. The molecule has 0 amide bonds. The van der Waals surface area contributed by atoms with Gasteiger partial charge in [0, 0.05) is 10.6 Å². The Morgan fingerprint density at radius 1 is 1.00 bits per heavy atom. The largest absolute Gasteiger partial charge is 0.482 e. The second-order valence-electron chi connectivity index (χ2n) is 6.65. The van der Waals surface area contributed by atoms with E-state index in [0.29, 0.717) is 27.7 Å². The van der Waals surface area contributed by atoms with Crippen molar-refractivity contribution in [1.29, 1.82) is 0 Å². The van der Waals surface area contributed by atoms with Gasteiger partial charge in [0.1, 0.15) is 5.75 Å². The van der Waals surface area contributed by atoms with E-state index in [9.17, 15) is 18.0 Å². The predicted molar refractivity (Wildman–Crippen MR) is 120 cm³/mol. The lowest BCUT2D eigenvalue weighted by Gasteiger charge is -2.13. The van der Waals surface area contributed by atoms with Crippen LogP contribution in [-0.4, -0.2) is 23.4 Å². The number of benzene rings is 3. The molecule has 0 aliphatic rings. The molecule has 0 spiro atoms. The highest BCUT2D eigenvalue weighted by atomic mass is 35.5. The zero-order valence-electron chi connectivity index (χ0n) is 16.6. The molecule has 0 bridgehead atoms. The zero-order valence-corrected chi connectivity index (χ0v) is 18.2. The minimum atomic E-state index is -4.43. The topological polar surface area (TPSA) is 46.5 Å². The van der Waals surface area contributed by atoms with E-state index in [0.717, 1.165) is 22.6 Å². The number of hydrogen-bond donors (Lipinski definition) is 1. The third kappa shape index (κ3) is 6.55. The molecular weight excluding hydrogens is 461 g/mol. The van der Waals surface area contributed by atoms with Crippen LogP contribution in [-0.2, 0) is 11.0 Å². The van der Waals surface area contributed by atoms with Gasteiger partial charge in [-0.05, 0) is 47.0 Å². The molecule has 0 saturated heterocycles. The van der Waals surface area contributed by atoms with E-state index in [-0.39, 0.29) is 0 Å². The maximum atomic E-state index is 13.2. The summed E-state index contributed by atoms with van der Waals surface area (Å²) in [4.78, 5) is 11.3. The maximum absolute atomic E-state index is 13.2. The van der Waals surface area contributed by atoms with Crippen LogP contribution in [0.15, 0.2) is 83.8 Å². The monoisotopic (exact) mass is 478 g/mol. The van der Waals surface area contributed by atoms with Gasteiger partial charge in [0.2, 0.25) is 0 Å². The third-order valence-electron chi connectivity index (χ3n) is 4.38. The van der Waals surface area contributed by atoms with Gasteiger partial charge in [0.25, 0.3) is 0 Å². The minimum Gasteiger partial charge on any atom is -0.482 e. The molecule has 0 aliphatic heterocycles. The number of rotatable bonds is 8. The summed E-state index contributed by atoms with van der Waals surface area (Å²) >= 11 is 7.68. The van der Waals surface area contributed by atoms with Crippen molar-refractivity contribution in [1.82, 2.24) is 0 Å². The number of carbonyl (C=O) groups is 1. The van der Waals surface area contributed by atoms with Crippen LogP contribution in [0.2, 0.25) is 5.02 Å². The zero-order chi connectivity index (χ0) is 23.1. The summed E-state index contributed by atoms with van der Waals surface area (Å²) in [6, 6.07) is 19.3. The molecule has 3 aromatic carbocycles. The first kappa shape index (κ1) is 23.8. The standard InChI is InChI=1S/C24H18ClF3O3S/c25-21-14-19(31-15-23(29)30)9-10-22(21)32-12-11-20(16-5-2-1-3-6-16)17-7-4-8-18(13-17)24(26,27)28/h1-11,13-14H,12,15H2,(H,29,30)/b20-11-. The first-order chi connectivity index (χ1) is 15.2. The Labute approximate surface area is 192 Å². The van der Waals surface area contributed by atoms with E-state index < -0.39 is 24.3 Å². The fourth-order valence-corrected chi connectivity index (χ4v) is 4.06. The normalized spacial score (nSPS) is 11.9. The molecule has 0 unspecified atom stereocenters. The summed E-state index contributed by atoms with van der Waals surface area (Å²) in [6.07, 6.45) is -2.56. The molecular formula is C24H18ClF3O3S. The molecule has 3 aromatic rings. The number of carboxylic acid groups (broad SMARTS) is 1. The molecule has 3 nitrogen and oxygen atoms in total. The van der Waals surface area contributed by atoms with E-state index in [2.05, 4.69) is 0 Å². The SMILES string of the molecule is O=C(O)COc1ccc(SC/C=C(/c2ccccc2)c2cccc(C(F)(F)F)c2)c(Cl)c1. The Kier molecular flexibility index (Phi) is 7.88. The highest BCUT2D eigenvalue weighted by molar-refractivity contribution is 7.99. The Morgan fingerprint density at radius 2 is 1.72 bits per heavy atom. The van der Waals surface area contributed by atoms with Gasteiger partial charge < -0.3 is 9.84 Å². The van der Waals surface area contributed by atoms with Crippen LogP contribution < -0.4 is 4.74 Å². The van der Waals surface area contributed by atoms with Crippen molar-refractivity contribution >= 4 is 34.9 Å². The summed E-state index contributed by atoms with van der Waals surface area (Å²) in [5.74, 6) is -0.297. The first-order valence-electron chi connectivity index (χ1n) is 9.44. The first-order valence-corrected chi connectivity index (χ1v) is 10.8. The van der Waals surface area contributed by atoms with Crippen LogP contribution in [0.5, 0.6) is 5.75 Å². The number of carboxylic acids is 1. The molecule has 166 valence electrons. The number of alkyl halides is 3. The van der Waals surface area contributed by atoms with Crippen molar-refractivity contribution in [3.8, 4) is 5.75 Å². The quantitative estimate of drug-likeness (QED) is 0.352. The van der Waals surface area contributed by atoms with Gasteiger partial charge in [0.05, 0.1) is 10.6 Å². The Balaban J connectivity index is 1.83. The summed E-state index contributed by atoms with van der Waals surface area (Å²) in [7, 11) is 0. The number of thioether (sulfide) groups is 1. The molecule has 0 saturated carbocycles. The summed E-state index contributed by atoms with van der Waals surface area (Å²) in [6.45, 7) is -0.469. The van der Waals surface area contributed by atoms with Crippen molar-refractivity contribution in [3.63, 3.8) is 0 Å². The minimum absolute atomic E-state index is 0.339. The van der Waals surface area contributed by atoms with Gasteiger partial charge in [-0.3, -0.25) is 0 Å². The Morgan fingerprint density at radius 3 is 2.38 bits per heavy atom. The van der Waals surface area contributed by atoms with Crippen molar-refractivity contribution < 1.29 is 27.8 Å². The van der Waals surface area contributed by atoms with Crippen LogP contribution in [0.3, 0.4) is 0 Å². The van der Waals surface area contributed by atoms with E-state index >= 15 is 0 Å². The van der Waals surface area contributed by atoms with Crippen molar-refractivity contribution in [2.24, 2.45) is 0 Å². The molecule has 0 radical (unpaired) electrons. The molecule has 0 aromatic heterocycles.